The van der Waals surface area contributed by atoms with Crippen molar-refractivity contribution in [2.75, 3.05) is 20.6 Å². The number of rotatable bonds is 7. The van der Waals surface area contributed by atoms with Crippen LogP contribution >= 0.6 is 11.6 Å². The molecule has 0 aliphatic heterocycles. The average molecular weight is 338 g/mol. The Kier molecular flexibility index (Phi) is 6.46. The van der Waals surface area contributed by atoms with Gasteiger partial charge in [-0.2, -0.15) is 0 Å². The maximum atomic E-state index is 6.03. The Morgan fingerprint density at radius 2 is 2.09 bits per heavy atom. The molecule has 7 nitrogen and oxygen atoms in total. The van der Waals surface area contributed by atoms with E-state index in [4.69, 9.17) is 11.6 Å². The average Bonchev–Trinajstić information content (AvgIpc) is 3.13. The van der Waals surface area contributed by atoms with Crippen molar-refractivity contribution in [3.8, 4) is 0 Å². The smallest absolute Gasteiger partial charge is 0.193 e. The highest BCUT2D eigenvalue weighted by atomic mass is 35.5. The molecule has 0 spiro atoms. The first-order chi connectivity index (χ1) is 11.1. The molecule has 23 heavy (non-hydrogen) atoms. The summed E-state index contributed by atoms with van der Waals surface area (Å²) in [5.41, 5.74) is 1.15. The third-order valence-electron chi connectivity index (χ3n) is 3.64. The highest BCUT2D eigenvalue weighted by molar-refractivity contribution is 6.30. The van der Waals surface area contributed by atoms with Gasteiger partial charge in [0.25, 0.3) is 0 Å². The number of aryl methyl sites for hydroxylation is 2. The third-order valence-corrected chi connectivity index (χ3v) is 3.85. The summed E-state index contributed by atoms with van der Waals surface area (Å²) in [6, 6.07) is 1.98. The lowest BCUT2D eigenvalue weighted by Gasteiger charge is -2.22. The van der Waals surface area contributed by atoms with Crippen LogP contribution in [0.4, 0.5) is 0 Å². The number of nitrogens with one attached hydrogen (secondary N) is 1. The van der Waals surface area contributed by atoms with E-state index in [0.717, 1.165) is 49.2 Å². The van der Waals surface area contributed by atoms with Crippen LogP contribution in [0, 0.1) is 0 Å². The molecule has 2 heterocycles. The zero-order chi connectivity index (χ0) is 16.7. The van der Waals surface area contributed by atoms with Gasteiger partial charge in [0, 0.05) is 46.1 Å². The van der Waals surface area contributed by atoms with Gasteiger partial charge in [0.15, 0.2) is 5.96 Å². The first-order valence-corrected chi connectivity index (χ1v) is 8.03. The third kappa shape index (κ3) is 5.28. The second-order valence-electron chi connectivity index (χ2n) is 5.50. The molecule has 0 radical (unpaired) electrons. The molecule has 8 heteroatoms. The molecule has 0 bridgehead atoms. The number of aliphatic imine (C=N–C) groups is 1. The van der Waals surface area contributed by atoms with Gasteiger partial charge in [0.1, 0.15) is 12.7 Å². The molecule has 0 unspecified atom stereocenters. The second kappa shape index (κ2) is 8.57. The molecule has 0 aliphatic carbocycles. The van der Waals surface area contributed by atoms with Gasteiger partial charge in [-0.3, -0.25) is 4.99 Å². The Balaban J connectivity index is 1.72. The number of halogens is 1. The van der Waals surface area contributed by atoms with Crippen LogP contribution in [0.3, 0.4) is 0 Å². The molecule has 0 amide bonds. The number of hydrogen-bond donors (Lipinski definition) is 1. The molecule has 0 saturated heterocycles. The number of nitrogens with zero attached hydrogens (tertiary/aromatic N) is 6. The predicted molar refractivity (Wildman–Crippen MR) is 92.5 cm³/mol. The SMILES string of the molecule is CN=C(NCCCCn1cnnc1)N(C)Cc1cc(Cl)cn1C. The van der Waals surface area contributed by atoms with E-state index in [-0.39, 0.29) is 0 Å². The van der Waals surface area contributed by atoms with Crippen LogP contribution in [0.15, 0.2) is 29.9 Å². The fourth-order valence-corrected chi connectivity index (χ4v) is 2.66. The lowest BCUT2D eigenvalue weighted by Crippen LogP contribution is -2.39. The minimum atomic E-state index is 0.754. The van der Waals surface area contributed by atoms with Crippen molar-refractivity contribution in [2.24, 2.45) is 12.0 Å². The summed E-state index contributed by atoms with van der Waals surface area (Å²) in [5.74, 6) is 0.881. The Morgan fingerprint density at radius 3 is 2.70 bits per heavy atom. The van der Waals surface area contributed by atoms with Crippen LogP contribution in [0.2, 0.25) is 5.02 Å². The van der Waals surface area contributed by atoms with Gasteiger partial charge in [-0.15, -0.1) is 10.2 Å². The summed E-state index contributed by atoms with van der Waals surface area (Å²) in [6.07, 6.45) is 7.52. The standard InChI is InChI=1S/C15H24ClN7/c1-17-15(18-6-4-5-7-23-11-19-20-12-23)22(3)10-14-8-13(16)9-21(14)2/h8-9,11-12H,4-7,10H2,1-3H3,(H,17,18). The second-order valence-corrected chi connectivity index (χ2v) is 5.93. The molecule has 126 valence electrons. The maximum absolute atomic E-state index is 6.03. The molecular weight excluding hydrogens is 314 g/mol. The van der Waals surface area contributed by atoms with Crippen LogP contribution in [0.1, 0.15) is 18.5 Å². The van der Waals surface area contributed by atoms with Crippen LogP contribution < -0.4 is 5.32 Å². The Hall–Kier alpha value is -2.02. The van der Waals surface area contributed by atoms with Gasteiger partial charge in [-0.05, 0) is 18.9 Å². The van der Waals surface area contributed by atoms with Gasteiger partial charge in [0.2, 0.25) is 0 Å². The van der Waals surface area contributed by atoms with Crippen LogP contribution in [-0.2, 0) is 20.1 Å². The van der Waals surface area contributed by atoms with Crippen molar-refractivity contribution in [1.29, 1.82) is 0 Å². The molecule has 2 aromatic rings. The molecule has 0 aromatic carbocycles. The van der Waals surface area contributed by atoms with Gasteiger partial charge in [0.05, 0.1) is 11.6 Å². The predicted octanol–water partition coefficient (Wildman–Crippen LogP) is 1.76. The molecule has 0 atom stereocenters. The van der Waals surface area contributed by atoms with Gasteiger partial charge >= 0.3 is 0 Å². The minimum Gasteiger partial charge on any atom is -0.356 e. The normalized spacial score (nSPS) is 11.7. The summed E-state index contributed by atoms with van der Waals surface area (Å²) in [4.78, 5) is 6.42. The van der Waals surface area contributed by atoms with E-state index in [0.29, 0.717) is 0 Å². The zero-order valence-electron chi connectivity index (χ0n) is 13.9. The number of unbranched alkanes of at least 4 members (excludes halogenated alkanes) is 1. The fourth-order valence-electron chi connectivity index (χ4n) is 2.38. The van der Waals surface area contributed by atoms with Crippen LogP contribution in [0.5, 0.6) is 0 Å². The summed E-state index contributed by atoms with van der Waals surface area (Å²) in [6.45, 7) is 2.57. The van der Waals surface area contributed by atoms with Crippen molar-refractivity contribution in [1.82, 2.24) is 29.5 Å². The summed E-state index contributed by atoms with van der Waals surface area (Å²) in [7, 11) is 5.82. The zero-order valence-corrected chi connectivity index (χ0v) is 14.7. The Labute approximate surface area is 142 Å². The first kappa shape index (κ1) is 17.3. The molecule has 0 saturated carbocycles. The molecule has 2 aromatic heterocycles. The fraction of sp³-hybridized carbons (Fsp3) is 0.533. The van der Waals surface area contributed by atoms with E-state index < -0.39 is 0 Å². The first-order valence-electron chi connectivity index (χ1n) is 7.65. The topological polar surface area (TPSA) is 63.3 Å². The molecule has 0 aliphatic rings. The Morgan fingerprint density at radius 1 is 1.35 bits per heavy atom. The van der Waals surface area contributed by atoms with Crippen molar-refractivity contribution in [3.05, 3.63) is 35.6 Å². The summed E-state index contributed by atoms with van der Waals surface area (Å²) in [5, 5.41) is 11.7. The summed E-state index contributed by atoms with van der Waals surface area (Å²) >= 11 is 6.03. The molecule has 2 rings (SSSR count). The summed E-state index contributed by atoms with van der Waals surface area (Å²) < 4.78 is 4.02. The van der Waals surface area contributed by atoms with Gasteiger partial charge in [-0.1, -0.05) is 11.6 Å². The lowest BCUT2D eigenvalue weighted by molar-refractivity contribution is 0.459. The van der Waals surface area contributed by atoms with E-state index in [1.165, 1.54) is 0 Å². The van der Waals surface area contributed by atoms with Crippen molar-refractivity contribution < 1.29 is 0 Å². The lowest BCUT2D eigenvalue weighted by atomic mass is 10.3. The molecule has 1 N–H and O–H groups in total. The number of hydrogen-bond acceptors (Lipinski definition) is 3. The van der Waals surface area contributed by atoms with Crippen LogP contribution in [-0.4, -0.2) is 50.8 Å². The van der Waals surface area contributed by atoms with Gasteiger partial charge < -0.3 is 19.4 Å². The minimum absolute atomic E-state index is 0.754. The number of guanidine groups is 1. The van der Waals surface area contributed by atoms with E-state index in [2.05, 4.69) is 25.4 Å². The van der Waals surface area contributed by atoms with E-state index >= 15 is 0 Å². The van der Waals surface area contributed by atoms with Crippen molar-refractivity contribution in [3.63, 3.8) is 0 Å². The molecule has 0 fully saturated rings. The monoisotopic (exact) mass is 337 g/mol. The van der Waals surface area contributed by atoms with Crippen molar-refractivity contribution in [2.45, 2.75) is 25.9 Å². The van der Waals surface area contributed by atoms with Gasteiger partial charge in [-0.25, -0.2) is 0 Å². The highest BCUT2D eigenvalue weighted by Crippen LogP contribution is 2.14. The highest BCUT2D eigenvalue weighted by Gasteiger charge is 2.09. The quantitative estimate of drug-likeness (QED) is 0.475. The van der Waals surface area contributed by atoms with Crippen LogP contribution in [0.25, 0.3) is 0 Å². The van der Waals surface area contributed by atoms with E-state index in [1.54, 1.807) is 19.7 Å². The Bertz CT molecular complexity index is 618. The molecular formula is C15H24ClN7. The number of aromatic nitrogens is 4. The maximum Gasteiger partial charge on any atom is 0.193 e. The largest absolute Gasteiger partial charge is 0.356 e. The van der Waals surface area contributed by atoms with E-state index in [9.17, 15) is 0 Å². The van der Waals surface area contributed by atoms with E-state index in [1.807, 2.05) is 35.5 Å². The van der Waals surface area contributed by atoms with Crippen molar-refractivity contribution >= 4 is 17.6 Å².